The molecule has 5 atom stereocenters. The van der Waals surface area contributed by atoms with Crippen molar-refractivity contribution in [1.82, 2.24) is 4.90 Å². The Morgan fingerprint density at radius 2 is 1.85 bits per heavy atom. The van der Waals surface area contributed by atoms with E-state index in [-0.39, 0.29) is 54.8 Å². The zero-order valence-corrected chi connectivity index (χ0v) is 25.8. The molecule has 1 fully saturated rings. The lowest BCUT2D eigenvalue weighted by atomic mass is 9.57. The average molecular weight is 653 g/mol. The van der Waals surface area contributed by atoms with Crippen LogP contribution in [0.3, 0.4) is 0 Å². The van der Waals surface area contributed by atoms with Crippen LogP contribution in [0.15, 0.2) is 53.3 Å². The van der Waals surface area contributed by atoms with E-state index in [0.29, 0.717) is 6.42 Å². The molecule has 9 N–H and O–H groups in total. The molecule has 5 rings (SSSR count). The molecule has 0 saturated heterocycles. The highest BCUT2D eigenvalue weighted by atomic mass is 19.1. The van der Waals surface area contributed by atoms with Crippen molar-refractivity contribution in [1.29, 1.82) is 0 Å². The number of phenols is 1. The number of phenolic OH excluding ortho intramolecular Hbond substituents is 1. The fraction of sp³-hybridized carbons (Fsp3) is 0.394. The molecule has 0 aliphatic heterocycles. The zero-order valence-electron chi connectivity index (χ0n) is 25.8. The van der Waals surface area contributed by atoms with Crippen LogP contribution >= 0.6 is 0 Å². The van der Waals surface area contributed by atoms with Gasteiger partial charge in [-0.3, -0.25) is 24.1 Å². The van der Waals surface area contributed by atoms with Gasteiger partial charge in [-0.1, -0.05) is 30.3 Å². The molecule has 13 nitrogen and oxygen atoms in total. The third-order valence-corrected chi connectivity index (χ3v) is 9.20. The summed E-state index contributed by atoms with van der Waals surface area (Å²) in [5, 5.41) is 48.0. The fourth-order valence-corrected chi connectivity index (χ4v) is 6.90. The predicted octanol–water partition coefficient (Wildman–Crippen LogP) is 1.37. The Morgan fingerprint density at radius 3 is 2.49 bits per heavy atom. The number of amides is 1. The molecule has 0 heterocycles. The number of benzene rings is 2. The van der Waals surface area contributed by atoms with Crippen LogP contribution in [-0.4, -0.2) is 87.1 Å². The van der Waals surface area contributed by atoms with E-state index in [9.17, 15) is 39.6 Å². The number of primary amides is 1. The molecule has 0 spiro atoms. The molecule has 3 aliphatic rings. The number of likely N-dealkylation sites (N-methyl/N-ethyl adjacent to an activating group) is 1. The molecular formula is C33H37FN4O9. The lowest BCUT2D eigenvalue weighted by Gasteiger charge is -2.50. The van der Waals surface area contributed by atoms with Crippen LogP contribution < -0.4 is 16.8 Å². The molecular weight excluding hydrogens is 615 g/mol. The van der Waals surface area contributed by atoms with Crippen molar-refractivity contribution in [2.75, 3.05) is 26.0 Å². The SMILES string of the molecule is CN(C)[C@@H]1C(=O)C(C(N)=O)=C(O)[C@@]2(O)C(=O)C3=C(O)c4c(O)c(NCCC[C@H](N)C(=O)OCc5ccccc5)cc(F)c4C[C@H]3C[C@@H]12. The molecule has 14 heteroatoms. The zero-order chi connectivity index (χ0) is 34.4. The largest absolute Gasteiger partial charge is 0.508 e. The summed E-state index contributed by atoms with van der Waals surface area (Å²) in [4.78, 5) is 52.9. The first-order valence-electron chi connectivity index (χ1n) is 15.1. The number of carbonyl (C=O) groups excluding carboxylic acids is 4. The number of aliphatic hydroxyl groups excluding tert-OH is 2. The highest BCUT2D eigenvalue weighted by Crippen LogP contribution is 2.53. The van der Waals surface area contributed by atoms with E-state index in [1.54, 1.807) is 0 Å². The van der Waals surface area contributed by atoms with Gasteiger partial charge in [-0.15, -0.1) is 0 Å². The first-order chi connectivity index (χ1) is 22.2. The Bertz CT molecular complexity index is 1710. The van der Waals surface area contributed by atoms with Crippen LogP contribution in [0.1, 0.15) is 36.0 Å². The van der Waals surface area contributed by atoms with Gasteiger partial charge in [0, 0.05) is 29.7 Å². The number of halogens is 1. The minimum absolute atomic E-state index is 0.0743. The normalized spacial score (nSPS) is 24.4. The average Bonchev–Trinajstić information content (AvgIpc) is 3.02. The van der Waals surface area contributed by atoms with Gasteiger partial charge in [0.15, 0.2) is 11.4 Å². The van der Waals surface area contributed by atoms with Crippen molar-refractivity contribution >= 4 is 34.9 Å². The number of nitrogens with two attached hydrogens (primary N) is 2. The van der Waals surface area contributed by atoms with Gasteiger partial charge in [0.2, 0.25) is 5.78 Å². The van der Waals surface area contributed by atoms with Crippen molar-refractivity contribution in [3.05, 3.63) is 75.8 Å². The summed E-state index contributed by atoms with van der Waals surface area (Å²) in [6, 6.07) is 7.97. The van der Waals surface area contributed by atoms with Gasteiger partial charge >= 0.3 is 5.97 Å². The second-order valence-corrected chi connectivity index (χ2v) is 12.3. The fourth-order valence-electron chi connectivity index (χ4n) is 6.90. The predicted molar refractivity (Wildman–Crippen MR) is 166 cm³/mol. The van der Waals surface area contributed by atoms with E-state index in [1.165, 1.54) is 19.0 Å². The van der Waals surface area contributed by atoms with Crippen LogP contribution in [0, 0.1) is 17.7 Å². The summed E-state index contributed by atoms with van der Waals surface area (Å²) in [7, 11) is 2.98. The minimum Gasteiger partial charge on any atom is -0.508 e. The molecule has 1 saturated carbocycles. The molecule has 2 aromatic rings. The summed E-state index contributed by atoms with van der Waals surface area (Å²) >= 11 is 0. The number of ether oxygens (including phenoxy) is 1. The molecule has 3 aliphatic carbocycles. The Balaban J connectivity index is 1.36. The van der Waals surface area contributed by atoms with E-state index in [1.807, 2.05) is 30.3 Å². The number of rotatable bonds is 10. The number of hydrogen-bond donors (Lipinski definition) is 7. The molecule has 1 amide bonds. The standard InChI is InChI=1S/C33H37FN4O9/c1-38(2)25-18-12-16-11-17-19(34)13-21(37-10-6-9-20(35)32(45)47-14-15-7-4-3-5-8-15)26(39)23(17)27(40)22(16)29(42)33(18,46)30(43)24(28(25)41)31(36)44/h3-5,7-8,13,16,18,20,25,37,39-40,43,46H,6,9-12,14,35H2,1-2H3,(H2,36,44)/t16-,18-,20-,25-,33-/m0/s1. The topological polar surface area (TPSA) is 226 Å². The maximum Gasteiger partial charge on any atom is 0.323 e. The van der Waals surface area contributed by atoms with Gasteiger partial charge in [-0.25, -0.2) is 4.39 Å². The maximum atomic E-state index is 15.5. The number of esters is 1. The number of aliphatic hydroxyl groups is 3. The Morgan fingerprint density at radius 1 is 1.17 bits per heavy atom. The van der Waals surface area contributed by atoms with Gasteiger partial charge in [0.1, 0.15) is 41.3 Å². The quantitative estimate of drug-likeness (QED) is 0.0836. The van der Waals surface area contributed by atoms with Crippen LogP contribution in [0.25, 0.3) is 5.76 Å². The van der Waals surface area contributed by atoms with E-state index in [2.05, 4.69) is 5.32 Å². The molecule has 0 bridgehead atoms. The summed E-state index contributed by atoms with van der Waals surface area (Å²) in [5.41, 5.74) is 7.44. The molecule has 2 aromatic carbocycles. The van der Waals surface area contributed by atoms with Gasteiger partial charge in [0.25, 0.3) is 5.91 Å². The number of anilines is 1. The van der Waals surface area contributed by atoms with Crippen molar-refractivity contribution in [2.45, 2.75) is 50.0 Å². The van der Waals surface area contributed by atoms with E-state index in [0.717, 1.165) is 11.6 Å². The van der Waals surface area contributed by atoms with Crippen molar-refractivity contribution in [3.63, 3.8) is 0 Å². The molecule has 0 aromatic heterocycles. The highest BCUT2D eigenvalue weighted by molar-refractivity contribution is 6.24. The third-order valence-electron chi connectivity index (χ3n) is 9.20. The van der Waals surface area contributed by atoms with Crippen LogP contribution in [0.2, 0.25) is 0 Å². The number of hydrogen-bond acceptors (Lipinski definition) is 12. The summed E-state index contributed by atoms with van der Waals surface area (Å²) in [5.74, 6) is -9.52. The number of carbonyl (C=O) groups is 4. The molecule has 47 heavy (non-hydrogen) atoms. The Kier molecular flexibility index (Phi) is 9.13. The number of ketones is 2. The van der Waals surface area contributed by atoms with Crippen molar-refractivity contribution < 1.29 is 48.7 Å². The number of nitrogens with one attached hydrogen (secondary N) is 1. The first-order valence-corrected chi connectivity index (χ1v) is 15.1. The second-order valence-electron chi connectivity index (χ2n) is 12.3. The minimum atomic E-state index is -2.80. The summed E-state index contributed by atoms with van der Waals surface area (Å²) in [6.45, 7) is 0.213. The summed E-state index contributed by atoms with van der Waals surface area (Å²) < 4.78 is 20.8. The van der Waals surface area contributed by atoms with Crippen LogP contribution in [0.4, 0.5) is 10.1 Å². The summed E-state index contributed by atoms with van der Waals surface area (Å²) in [6.07, 6.45) is 0.205. The second kappa shape index (κ2) is 12.8. The first kappa shape index (κ1) is 33.6. The van der Waals surface area contributed by atoms with Gasteiger partial charge in [-0.05, 0) is 51.3 Å². The lowest BCUT2D eigenvalue weighted by molar-refractivity contribution is -0.153. The smallest absolute Gasteiger partial charge is 0.323 e. The number of fused-ring (bicyclic) bond motifs is 3. The van der Waals surface area contributed by atoms with Crippen LogP contribution in [0.5, 0.6) is 5.75 Å². The Hall–Kier alpha value is -4.79. The Labute approximate surface area is 269 Å². The van der Waals surface area contributed by atoms with Crippen molar-refractivity contribution in [3.8, 4) is 5.75 Å². The lowest BCUT2D eigenvalue weighted by Crippen LogP contribution is -2.65. The maximum absolute atomic E-state index is 15.5. The molecule has 0 radical (unpaired) electrons. The highest BCUT2D eigenvalue weighted by Gasteiger charge is 2.64. The van der Waals surface area contributed by atoms with Gasteiger partial charge in [-0.2, -0.15) is 0 Å². The number of nitrogens with zero attached hydrogens (tertiary/aromatic N) is 1. The molecule has 250 valence electrons. The molecule has 0 unspecified atom stereocenters. The van der Waals surface area contributed by atoms with E-state index in [4.69, 9.17) is 16.2 Å². The number of aromatic hydroxyl groups is 1. The van der Waals surface area contributed by atoms with E-state index >= 15 is 4.39 Å². The van der Waals surface area contributed by atoms with Gasteiger partial charge in [0.05, 0.1) is 17.3 Å². The van der Waals surface area contributed by atoms with E-state index < -0.39 is 81.6 Å². The van der Waals surface area contributed by atoms with Gasteiger partial charge < -0.3 is 41.9 Å². The monoisotopic (exact) mass is 652 g/mol. The van der Waals surface area contributed by atoms with Crippen LogP contribution in [-0.2, 0) is 36.9 Å². The number of Topliss-reactive ketones (excluding diaryl/α,β-unsaturated/α-hetero) is 2. The third kappa shape index (κ3) is 5.72. The van der Waals surface area contributed by atoms with Crippen molar-refractivity contribution in [2.24, 2.45) is 23.3 Å².